The number of aliphatic hydroxyl groups is 1. The SMILES string of the molecule is CC(C)C[C@H](NC(=O)[C@@H](NC(=O)[C@@H](N)CNC(=O)c1cc(O)ccc1O)C(C)C)C(=O)N[C@@H](Cc1ccccc1)[C@@H](O)C(=O)Nc1cccc(-c2nnn[nH]2)c1. The monoisotopic (exact) mass is 772 g/mol. The van der Waals surface area contributed by atoms with Crippen LogP contribution in [0.4, 0.5) is 5.69 Å². The average Bonchev–Trinajstić information content (AvgIpc) is 3.71. The van der Waals surface area contributed by atoms with Crippen molar-refractivity contribution in [1.82, 2.24) is 41.9 Å². The highest BCUT2D eigenvalue weighted by molar-refractivity contribution is 5.98. The number of aliphatic hydroxyl groups excluding tert-OH is 1. The van der Waals surface area contributed by atoms with Crippen LogP contribution in [0, 0.1) is 11.8 Å². The van der Waals surface area contributed by atoms with Crippen LogP contribution < -0.4 is 32.3 Å². The smallest absolute Gasteiger partial charge is 0.255 e. The molecule has 4 rings (SSSR count). The van der Waals surface area contributed by atoms with E-state index in [0.29, 0.717) is 17.1 Å². The number of carbonyl (C=O) groups is 5. The highest BCUT2D eigenvalue weighted by Crippen LogP contribution is 2.22. The number of H-pyrrole nitrogens is 1. The molecule has 0 spiro atoms. The first kappa shape index (κ1) is 42.3. The van der Waals surface area contributed by atoms with Crippen LogP contribution in [0.25, 0.3) is 11.4 Å². The Kier molecular flexibility index (Phi) is 15.0. The topological polar surface area (TPSA) is 287 Å². The van der Waals surface area contributed by atoms with Crippen molar-refractivity contribution in [1.29, 1.82) is 0 Å². The molecule has 0 saturated carbocycles. The first-order valence-corrected chi connectivity index (χ1v) is 18.0. The van der Waals surface area contributed by atoms with Crippen molar-refractivity contribution in [2.75, 3.05) is 11.9 Å². The molecule has 11 N–H and O–H groups in total. The zero-order chi connectivity index (χ0) is 40.9. The number of hydrogen-bond donors (Lipinski definition) is 10. The van der Waals surface area contributed by atoms with E-state index in [1.54, 1.807) is 68.4 Å². The maximum absolute atomic E-state index is 13.9. The van der Waals surface area contributed by atoms with Crippen molar-refractivity contribution in [3.63, 3.8) is 0 Å². The van der Waals surface area contributed by atoms with Crippen molar-refractivity contribution < 1.29 is 39.3 Å². The third kappa shape index (κ3) is 12.1. The summed E-state index contributed by atoms with van der Waals surface area (Å²) in [6, 6.07) is 14.2. The van der Waals surface area contributed by atoms with Crippen LogP contribution in [0.15, 0.2) is 72.8 Å². The fourth-order valence-electron chi connectivity index (χ4n) is 5.67. The molecule has 0 aliphatic rings. The molecular weight excluding hydrogens is 724 g/mol. The lowest BCUT2D eigenvalue weighted by Crippen LogP contribution is -2.60. The molecule has 5 atom stereocenters. The zero-order valence-corrected chi connectivity index (χ0v) is 31.4. The van der Waals surface area contributed by atoms with E-state index in [9.17, 15) is 39.3 Å². The molecule has 56 heavy (non-hydrogen) atoms. The maximum Gasteiger partial charge on any atom is 0.255 e. The molecule has 3 aromatic carbocycles. The fourth-order valence-corrected chi connectivity index (χ4v) is 5.67. The lowest BCUT2D eigenvalue weighted by Gasteiger charge is -2.29. The highest BCUT2D eigenvalue weighted by atomic mass is 16.3. The van der Waals surface area contributed by atoms with Gasteiger partial charge in [0.2, 0.25) is 17.7 Å². The summed E-state index contributed by atoms with van der Waals surface area (Å²) in [6.07, 6.45) is -1.49. The van der Waals surface area contributed by atoms with Gasteiger partial charge in [-0.15, -0.1) is 5.10 Å². The fraction of sp³-hybridized carbons (Fsp3) is 0.368. The van der Waals surface area contributed by atoms with Gasteiger partial charge in [-0.25, -0.2) is 5.10 Å². The zero-order valence-electron chi connectivity index (χ0n) is 31.4. The van der Waals surface area contributed by atoms with Gasteiger partial charge in [-0.05, 0) is 71.0 Å². The van der Waals surface area contributed by atoms with Crippen LogP contribution in [0.3, 0.4) is 0 Å². The minimum Gasteiger partial charge on any atom is -0.508 e. The number of anilines is 1. The minimum absolute atomic E-state index is 0.0669. The second-order valence-electron chi connectivity index (χ2n) is 14.0. The molecule has 0 unspecified atom stereocenters. The van der Waals surface area contributed by atoms with E-state index in [1.165, 1.54) is 6.07 Å². The van der Waals surface area contributed by atoms with Gasteiger partial charge < -0.3 is 47.6 Å². The molecule has 18 heteroatoms. The van der Waals surface area contributed by atoms with Crippen LogP contribution in [0.2, 0.25) is 0 Å². The number of aromatic amines is 1. The number of tetrazole rings is 1. The van der Waals surface area contributed by atoms with Crippen molar-refractivity contribution in [3.05, 3.63) is 83.9 Å². The van der Waals surface area contributed by atoms with Crippen molar-refractivity contribution in [2.45, 2.75) is 70.8 Å². The number of benzene rings is 3. The molecular formula is C38H48N10O8. The van der Waals surface area contributed by atoms with Crippen LogP contribution in [-0.4, -0.2) is 102 Å². The highest BCUT2D eigenvalue weighted by Gasteiger charge is 2.34. The molecule has 0 saturated heterocycles. The number of phenols is 2. The molecule has 4 aromatic rings. The van der Waals surface area contributed by atoms with E-state index in [2.05, 4.69) is 47.2 Å². The third-order valence-electron chi connectivity index (χ3n) is 8.66. The van der Waals surface area contributed by atoms with Gasteiger partial charge in [0.05, 0.1) is 11.6 Å². The van der Waals surface area contributed by atoms with Gasteiger partial charge in [-0.2, -0.15) is 0 Å². The molecule has 18 nitrogen and oxygen atoms in total. The average molecular weight is 773 g/mol. The number of nitrogens with two attached hydrogens (primary N) is 1. The largest absolute Gasteiger partial charge is 0.508 e. The van der Waals surface area contributed by atoms with Gasteiger partial charge >= 0.3 is 0 Å². The van der Waals surface area contributed by atoms with Crippen LogP contribution >= 0.6 is 0 Å². The van der Waals surface area contributed by atoms with Crippen molar-refractivity contribution in [3.8, 4) is 22.9 Å². The summed E-state index contributed by atoms with van der Waals surface area (Å²) in [7, 11) is 0. The maximum atomic E-state index is 13.9. The summed E-state index contributed by atoms with van der Waals surface area (Å²) in [6.45, 7) is 6.70. The second-order valence-corrected chi connectivity index (χ2v) is 14.0. The Morgan fingerprint density at radius 1 is 0.821 bits per heavy atom. The molecule has 1 aromatic heterocycles. The molecule has 0 aliphatic heterocycles. The van der Waals surface area contributed by atoms with Crippen LogP contribution in [0.5, 0.6) is 11.5 Å². The number of amides is 5. The minimum atomic E-state index is -1.73. The number of aromatic nitrogens is 4. The lowest BCUT2D eigenvalue weighted by atomic mass is 9.97. The Balaban J connectivity index is 1.45. The van der Waals surface area contributed by atoms with E-state index in [0.717, 1.165) is 17.7 Å². The van der Waals surface area contributed by atoms with E-state index >= 15 is 0 Å². The van der Waals surface area contributed by atoms with Crippen molar-refractivity contribution >= 4 is 35.2 Å². The van der Waals surface area contributed by atoms with Gasteiger partial charge in [0, 0.05) is 17.8 Å². The van der Waals surface area contributed by atoms with Crippen LogP contribution in [-0.2, 0) is 25.6 Å². The normalized spacial score (nSPS) is 13.9. The van der Waals surface area contributed by atoms with E-state index in [-0.39, 0.29) is 42.4 Å². The number of phenolic OH excluding ortho intramolecular Hbond substituents is 2. The number of nitrogens with one attached hydrogen (secondary N) is 6. The quantitative estimate of drug-likeness (QED) is 0.0627. The Labute approximate surface area is 323 Å². The predicted molar refractivity (Wildman–Crippen MR) is 205 cm³/mol. The third-order valence-corrected chi connectivity index (χ3v) is 8.66. The first-order chi connectivity index (χ1) is 26.6. The molecule has 0 aliphatic carbocycles. The Morgan fingerprint density at radius 3 is 2.21 bits per heavy atom. The van der Waals surface area contributed by atoms with Crippen molar-refractivity contribution in [2.24, 2.45) is 17.6 Å². The van der Waals surface area contributed by atoms with E-state index in [1.807, 2.05) is 13.8 Å². The standard InChI is InChI=1S/C38H48N10O8/c1-20(2)15-29(43-37(55)31(21(3)4)44-35(53)27(39)19-40-34(52)26-18-25(49)13-14-30(26)50)36(54)42-28(16-22-9-6-5-7-10-22)32(51)38(56)41-24-12-8-11-23(17-24)33-45-47-48-46-33/h5-14,17-18,20-21,27-29,31-32,49-51H,15-16,19,39H2,1-4H3,(H,40,52)(H,41,56)(H,42,54)(H,43,55)(H,44,53)(H,45,46,47,48)/t27-,28-,29-,31-,32+/m0/s1. The molecule has 0 bridgehead atoms. The molecule has 0 fully saturated rings. The molecule has 298 valence electrons. The van der Waals surface area contributed by atoms with Crippen LogP contribution in [0.1, 0.15) is 50.0 Å². The summed E-state index contributed by atoms with van der Waals surface area (Å²) in [5.41, 5.74) is 7.45. The number of carbonyl (C=O) groups excluding carboxylic acids is 5. The summed E-state index contributed by atoms with van der Waals surface area (Å²) in [5, 5.41) is 57.8. The summed E-state index contributed by atoms with van der Waals surface area (Å²) < 4.78 is 0. The van der Waals surface area contributed by atoms with Gasteiger partial charge in [-0.3, -0.25) is 24.0 Å². The van der Waals surface area contributed by atoms with Gasteiger partial charge in [0.25, 0.3) is 11.8 Å². The number of aromatic hydroxyl groups is 2. The summed E-state index contributed by atoms with van der Waals surface area (Å²) in [5.74, 6) is -4.53. The number of rotatable bonds is 18. The Bertz CT molecular complexity index is 1960. The molecule has 5 amide bonds. The number of nitrogens with zero attached hydrogens (tertiary/aromatic N) is 3. The van der Waals surface area contributed by atoms with E-state index < -0.39 is 65.7 Å². The van der Waals surface area contributed by atoms with Gasteiger partial charge in [0.15, 0.2) is 11.9 Å². The molecule has 1 heterocycles. The lowest BCUT2D eigenvalue weighted by molar-refractivity contribution is -0.134. The van der Waals surface area contributed by atoms with Gasteiger partial charge in [0.1, 0.15) is 29.6 Å². The summed E-state index contributed by atoms with van der Waals surface area (Å²) >= 11 is 0. The summed E-state index contributed by atoms with van der Waals surface area (Å²) in [4.78, 5) is 66.7. The van der Waals surface area contributed by atoms with Gasteiger partial charge in [-0.1, -0.05) is 70.2 Å². The van der Waals surface area contributed by atoms with E-state index in [4.69, 9.17) is 5.73 Å². The second kappa shape index (κ2) is 19.8. The Hall–Kier alpha value is -6.40. The Morgan fingerprint density at radius 2 is 1.55 bits per heavy atom. The first-order valence-electron chi connectivity index (χ1n) is 18.0. The number of hydrogen-bond acceptors (Lipinski definition) is 12. The predicted octanol–water partition coefficient (Wildman–Crippen LogP) is 0.734. The molecule has 0 radical (unpaired) electrons.